The van der Waals surface area contributed by atoms with Crippen molar-refractivity contribution in [3.63, 3.8) is 0 Å². The zero-order valence-corrected chi connectivity index (χ0v) is 15.2. The van der Waals surface area contributed by atoms with Gasteiger partial charge in [0.15, 0.2) is 0 Å². The number of pyridine rings is 1. The number of alkyl halides is 3. The first kappa shape index (κ1) is 20.6. The minimum Gasteiger partial charge on any atom is -0.353 e. The highest BCUT2D eigenvalue weighted by Gasteiger charge is 2.50. The maximum atomic E-state index is 12.6. The molecule has 2 heterocycles. The molecular formula is C16H22F3N3O3S. The number of carbonyl (C=O) groups excluding carboxylic acids is 1. The van der Waals surface area contributed by atoms with Crippen molar-refractivity contribution in [2.24, 2.45) is 0 Å². The van der Waals surface area contributed by atoms with Gasteiger partial charge in [-0.2, -0.15) is 17.5 Å². The Labute approximate surface area is 150 Å². The number of halogens is 3. The second-order valence-electron chi connectivity index (χ2n) is 6.23. The van der Waals surface area contributed by atoms with E-state index in [1.165, 1.54) is 0 Å². The van der Waals surface area contributed by atoms with Crippen LogP contribution in [0.3, 0.4) is 0 Å². The molecule has 1 unspecified atom stereocenters. The lowest BCUT2D eigenvalue weighted by Crippen LogP contribution is -2.50. The largest absolute Gasteiger partial charge is 0.511 e. The van der Waals surface area contributed by atoms with E-state index < -0.39 is 21.4 Å². The molecule has 1 aromatic heterocycles. The molecule has 0 bridgehead atoms. The van der Waals surface area contributed by atoms with Gasteiger partial charge >= 0.3 is 15.5 Å². The highest BCUT2D eigenvalue weighted by atomic mass is 32.2. The standard InChI is InChI=1S/C16H22F3N3O3S/c1-2-5-13(14-6-3-4-9-20-14)15(23)21-12-7-10-22(11-8-12)26(24,25)16(17,18)19/h3-4,6,9,12-13H,2,5,7-8,10-11H2,1H3,(H,21,23). The average molecular weight is 393 g/mol. The molecule has 146 valence electrons. The molecule has 1 aliphatic rings. The molecule has 1 amide bonds. The molecule has 1 atom stereocenters. The van der Waals surface area contributed by atoms with Gasteiger partial charge in [-0.25, -0.2) is 8.42 Å². The minimum atomic E-state index is -5.31. The zero-order chi connectivity index (χ0) is 19.4. The number of piperidine rings is 1. The van der Waals surface area contributed by atoms with E-state index in [2.05, 4.69) is 10.3 Å². The van der Waals surface area contributed by atoms with Crippen LogP contribution in [0.25, 0.3) is 0 Å². The van der Waals surface area contributed by atoms with Crippen LogP contribution in [-0.4, -0.2) is 48.3 Å². The SMILES string of the molecule is CCCC(C(=O)NC1CCN(S(=O)(=O)C(F)(F)F)CC1)c1ccccn1. The topological polar surface area (TPSA) is 79.4 Å². The molecule has 1 N–H and O–H groups in total. The maximum Gasteiger partial charge on any atom is 0.511 e. The number of hydrogen-bond acceptors (Lipinski definition) is 4. The summed E-state index contributed by atoms with van der Waals surface area (Å²) in [6.45, 7) is 1.41. The van der Waals surface area contributed by atoms with Gasteiger partial charge < -0.3 is 5.32 Å². The monoisotopic (exact) mass is 393 g/mol. The van der Waals surface area contributed by atoms with Crippen molar-refractivity contribution in [2.45, 2.75) is 50.1 Å². The van der Waals surface area contributed by atoms with Gasteiger partial charge in [-0.15, -0.1) is 0 Å². The first-order chi connectivity index (χ1) is 12.2. The Kier molecular flexibility index (Phi) is 6.62. The fourth-order valence-electron chi connectivity index (χ4n) is 2.97. The molecule has 6 nitrogen and oxygen atoms in total. The maximum absolute atomic E-state index is 12.6. The Morgan fingerprint density at radius 3 is 2.50 bits per heavy atom. The first-order valence-electron chi connectivity index (χ1n) is 8.44. The summed E-state index contributed by atoms with van der Waals surface area (Å²) in [6, 6.07) is 4.95. The quantitative estimate of drug-likeness (QED) is 0.805. The summed E-state index contributed by atoms with van der Waals surface area (Å²) >= 11 is 0. The normalized spacial score (nSPS) is 18.5. The molecular weight excluding hydrogens is 371 g/mol. The van der Waals surface area contributed by atoms with E-state index in [9.17, 15) is 26.4 Å². The molecule has 0 radical (unpaired) electrons. The van der Waals surface area contributed by atoms with Gasteiger partial charge in [0, 0.05) is 25.3 Å². The predicted octanol–water partition coefficient (Wildman–Crippen LogP) is 2.40. The summed E-state index contributed by atoms with van der Waals surface area (Å²) in [4.78, 5) is 16.8. The van der Waals surface area contributed by atoms with Crippen LogP contribution in [0.4, 0.5) is 13.2 Å². The lowest BCUT2D eigenvalue weighted by molar-refractivity contribution is -0.123. The number of rotatable bonds is 6. The Bertz CT molecular complexity index is 702. The van der Waals surface area contributed by atoms with Gasteiger partial charge in [-0.1, -0.05) is 19.4 Å². The van der Waals surface area contributed by atoms with Crippen LogP contribution in [0.1, 0.15) is 44.2 Å². The van der Waals surface area contributed by atoms with Gasteiger partial charge in [0.25, 0.3) is 0 Å². The Balaban J connectivity index is 1.97. The van der Waals surface area contributed by atoms with E-state index >= 15 is 0 Å². The van der Waals surface area contributed by atoms with Crippen LogP contribution < -0.4 is 5.32 Å². The summed E-state index contributed by atoms with van der Waals surface area (Å²) in [7, 11) is -5.31. The fourth-order valence-corrected chi connectivity index (χ4v) is 3.96. The molecule has 1 aliphatic heterocycles. The molecule has 0 aromatic carbocycles. The van der Waals surface area contributed by atoms with Crippen LogP contribution in [0.15, 0.2) is 24.4 Å². The van der Waals surface area contributed by atoms with Crippen molar-refractivity contribution >= 4 is 15.9 Å². The third kappa shape index (κ3) is 4.73. The van der Waals surface area contributed by atoms with E-state index in [0.717, 1.165) is 6.42 Å². The van der Waals surface area contributed by atoms with Crippen molar-refractivity contribution in [3.05, 3.63) is 30.1 Å². The molecule has 1 fully saturated rings. The zero-order valence-electron chi connectivity index (χ0n) is 14.4. The number of sulfonamides is 1. The third-order valence-corrected chi connectivity index (χ3v) is 6.00. The molecule has 2 rings (SSSR count). The summed E-state index contributed by atoms with van der Waals surface area (Å²) < 4.78 is 61.1. The summed E-state index contributed by atoms with van der Waals surface area (Å²) in [5.41, 5.74) is -4.65. The number of nitrogens with one attached hydrogen (secondary N) is 1. The number of aromatic nitrogens is 1. The smallest absolute Gasteiger partial charge is 0.353 e. The van der Waals surface area contributed by atoms with Crippen molar-refractivity contribution in [2.75, 3.05) is 13.1 Å². The first-order valence-corrected chi connectivity index (χ1v) is 9.88. The van der Waals surface area contributed by atoms with Gasteiger partial charge in [-0.05, 0) is 31.4 Å². The minimum absolute atomic E-state index is 0.141. The number of amides is 1. The molecule has 10 heteroatoms. The molecule has 1 aromatic rings. The lowest BCUT2D eigenvalue weighted by atomic mass is 9.96. The molecule has 0 saturated carbocycles. The summed E-state index contributed by atoms with van der Waals surface area (Å²) in [5.74, 6) is -0.666. The second kappa shape index (κ2) is 8.34. The number of nitrogens with zero attached hydrogens (tertiary/aromatic N) is 2. The van der Waals surface area contributed by atoms with Crippen molar-refractivity contribution in [1.29, 1.82) is 0 Å². The van der Waals surface area contributed by atoms with Crippen LogP contribution in [0.2, 0.25) is 0 Å². The average Bonchev–Trinajstić information content (AvgIpc) is 2.60. The van der Waals surface area contributed by atoms with E-state index in [1.807, 2.05) is 6.92 Å². The van der Waals surface area contributed by atoms with Crippen LogP contribution in [0.5, 0.6) is 0 Å². The van der Waals surface area contributed by atoms with Crippen LogP contribution in [-0.2, 0) is 14.8 Å². The van der Waals surface area contributed by atoms with Crippen LogP contribution >= 0.6 is 0 Å². The Morgan fingerprint density at radius 2 is 2.00 bits per heavy atom. The van der Waals surface area contributed by atoms with Gasteiger partial charge in [-0.3, -0.25) is 9.78 Å². The van der Waals surface area contributed by atoms with Crippen molar-refractivity contribution < 1.29 is 26.4 Å². The van der Waals surface area contributed by atoms with Gasteiger partial charge in [0.1, 0.15) is 0 Å². The second-order valence-corrected chi connectivity index (χ2v) is 8.16. The highest BCUT2D eigenvalue weighted by Crippen LogP contribution is 2.29. The Hall–Kier alpha value is -1.68. The molecule has 1 saturated heterocycles. The van der Waals surface area contributed by atoms with E-state index in [0.29, 0.717) is 16.4 Å². The van der Waals surface area contributed by atoms with E-state index in [-0.39, 0.29) is 37.9 Å². The van der Waals surface area contributed by atoms with Crippen molar-refractivity contribution in [1.82, 2.24) is 14.6 Å². The predicted molar refractivity (Wildman–Crippen MR) is 89.6 cm³/mol. The van der Waals surface area contributed by atoms with Gasteiger partial charge in [0.05, 0.1) is 11.6 Å². The molecule has 0 spiro atoms. The Morgan fingerprint density at radius 1 is 1.35 bits per heavy atom. The molecule has 0 aliphatic carbocycles. The van der Waals surface area contributed by atoms with E-state index in [4.69, 9.17) is 0 Å². The fraction of sp³-hybridized carbons (Fsp3) is 0.625. The summed E-state index contributed by atoms with van der Waals surface area (Å²) in [6.07, 6.45) is 3.26. The summed E-state index contributed by atoms with van der Waals surface area (Å²) in [5, 5.41) is 2.83. The number of hydrogen-bond donors (Lipinski definition) is 1. The number of carbonyl (C=O) groups is 1. The lowest BCUT2D eigenvalue weighted by Gasteiger charge is -2.32. The molecule has 26 heavy (non-hydrogen) atoms. The van der Waals surface area contributed by atoms with Gasteiger partial charge in [0.2, 0.25) is 5.91 Å². The van der Waals surface area contributed by atoms with Crippen molar-refractivity contribution in [3.8, 4) is 0 Å². The third-order valence-electron chi connectivity index (χ3n) is 4.37. The highest BCUT2D eigenvalue weighted by molar-refractivity contribution is 7.90. The van der Waals surface area contributed by atoms with E-state index in [1.54, 1.807) is 24.4 Å². The van der Waals surface area contributed by atoms with Crippen LogP contribution in [0, 0.1) is 0 Å².